The monoisotopic (exact) mass is 461 g/mol. The highest BCUT2D eigenvalue weighted by Crippen LogP contribution is 2.38. The van der Waals surface area contributed by atoms with E-state index in [-0.39, 0.29) is 11.7 Å². The van der Waals surface area contributed by atoms with Crippen LogP contribution in [0.25, 0.3) is 18.2 Å². The molecule has 0 radical (unpaired) electrons. The molecule has 0 unspecified atom stereocenters. The number of carbonyl (C=O) groups excluding carboxylic acids is 1. The highest BCUT2D eigenvalue weighted by molar-refractivity contribution is 6.03. The summed E-state index contributed by atoms with van der Waals surface area (Å²) in [4.78, 5) is 12.5. The molecule has 2 N–H and O–H groups in total. The summed E-state index contributed by atoms with van der Waals surface area (Å²) in [6, 6.07) is 16.0. The molecule has 176 valence electrons. The summed E-state index contributed by atoms with van der Waals surface area (Å²) >= 11 is 0. The fraction of sp³-hybridized carbons (Fsp3) is 0.148. The fourth-order valence-electron chi connectivity index (χ4n) is 3.30. The molecule has 0 aromatic heterocycles. The van der Waals surface area contributed by atoms with E-state index < -0.39 is 0 Å². The Hall–Kier alpha value is -4.39. The van der Waals surface area contributed by atoms with Gasteiger partial charge in [-0.05, 0) is 53.1 Å². The molecule has 34 heavy (non-hydrogen) atoms. The van der Waals surface area contributed by atoms with Crippen LogP contribution in [-0.2, 0) is 4.79 Å². The van der Waals surface area contributed by atoms with E-state index in [4.69, 9.17) is 18.9 Å². The van der Waals surface area contributed by atoms with Crippen molar-refractivity contribution in [2.45, 2.75) is 0 Å². The van der Waals surface area contributed by atoms with Gasteiger partial charge in [0.1, 0.15) is 0 Å². The van der Waals surface area contributed by atoms with Gasteiger partial charge in [0.2, 0.25) is 11.7 Å². The van der Waals surface area contributed by atoms with E-state index in [0.29, 0.717) is 34.2 Å². The Labute approximate surface area is 198 Å². The van der Waals surface area contributed by atoms with Crippen LogP contribution in [0.15, 0.2) is 60.7 Å². The van der Waals surface area contributed by atoms with Gasteiger partial charge in [0, 0.05) is 11.8 Å². The zero-order valence-electron chi connectivity index (χ0n) is 19.5. The molecule has 3 aromatic carbocycles. The normalized spacial score (nSPS) is 10.9. The number of rotatable bonds is 9. The van der Waals surface area contributed by atoms with Crippen LogP contribution < -0.4 is 24.3 Å². The highest BCUT2D eigenvalue weighted by atomic mass is 16.5. The van der Waals surface area contributed by atoms with Crippen molar-refractivity contribution < 1.29 is 28.8 Å². The van der Waals surface area contributed by atoms with Crippen LogP contribution in [0, 0.1) is 0 Å². The quantitative estimate of drug-likeness (QED) is 0.334. The summed E-state index contributed by atoms with van der Waals surface area (Å²) < 4.78 is 21.2. The lowest BCUT2D eigenvalue weighted by Gasteiger charge is -2.13. The molecule has 0 aliphatic carbocycles. The number of phenols is 1. The Morgan fingerprint density at radius 1 is 0.765 bits per heavy atom. The van der Waals surface area contributed by atoms with Gasteiger partial charge in [-0.25, -0.2) is 0 Å². The minimum atomic E-state index is -0.302. The third kappa shape index (κ3) is 5.89. The molecule has 1 amide bonds. The molecular weight excluding hydrogens is 434 g/mol. The second kappa shape index (κ2) is 11.5. The minimum Gasteiger partial charge on any atom is -0.504 e. The van der Waals surface area contributed by atoms with Crippen LogP contribution >= 0.6 is 0 Å². The third-order valence-corrected chi connectivity index (χ3v) is 4.99. The molecule has 0 aliphatic rings. The second-order valence-corrected chi connectivity index (χ2v) is 7.13. The maximum atomic E-state index is 12.5. The molecule has 3 aromatic rings. The van der Waals surface area contributed by atoms with Crippen LogP contribution in [0.4, 0.5) is 5.69 Å². The van der Waals surface area contributed by atoms with Gasteiger partial charge < -0.3 is 29.4 Å². The standard InChI is InChI=1S/C27H27NO6/c1-31-23-13-10-18(15-22(23)29)11-14-26(30)28-21-8-6-5-7-20(21)12-9-19-16-24(32-2)27(34-4)25(17-19)33-3/h5-17,29H,1-4H3,(H,28,30)/b12-9?,14-11+. The van der Waals surface area contributed by atoms with Crippen molar-refractivity contribution in [3.63, 3.8) is 0 Å². The smallest absolute Gasteiger partial charge is 0.248 e. The van der Waals surface area contributed by atoms with Gasteiger partial charge >= 0.3 is 0 Å². The first kappa shape index (κ1) is 24.3. The fourth-order valence-corrected chi connectivity index (χ4v) is 3.30. The van der Waals surface area contributed by atoms with Gasteiger partial charge in [-0.15, -0.1) is 0 Å². The number of phenolic OH excluding ortho intramolecular Hbond substituents is 1. The average molecular weight is 462 g/mol. The zero-order chi connectivity index (χ0) is 24.5. The molecule has 0 fully saturated rings. The van der Waals surface area contributed by atoms with Crippen molar-refractivity contribution in [1.29, 1.82) is 0 Å². The first-order valence-corrected chi connectivity index (χ1v) is 10.4. The van der Waals surface area contributed by atoms with Crippen LogP contribution in [0.1, 0.15) is 16.7 Å². The number of amides is 1. The minimum absolute atomic E-state index is 0.00679. The maximum absolute atomic E-state index is 12.5. The van der Waals surface area contributed by atoms with Crippen molar-refractivity contribution in [1.82, 2.24) is 0 Å². The first-order valence-electron chi connectivity index (χ1n) is 10.4. The van der Waals surface area contributed by atoms with E-state index in [9.17, 15) is 9.90 Å². The van der Waals surface area contributed by atoms with Gasteiger partial charge in [-0.1, -0.05) is 36.4 Å². The second-order valence-electron chi connectivity index (χ2n) is 7.13. The molecule has 7 nitrogen and oxygen atoms in total. The van der Waals surface area contributed by atoms with E-state index in [0.717, 1.165) is 11.1 Å². The van der Waals surface area contributed by atoms with Crippen LogP contribution in [0.5, 0.6) is 28.7 Å². The Balaban J connectivity index is 1.78. The highest BCUT2D eigenvalue weighted by Gasteiger charge is 2.12. The van der Waals surface area contributed by atoms with Crippen LogP contribution in [-0.4, -0.2) is 39.5 Å². The Kier molecular flexibility index (Phi) is 8.18. The number of para-hydroxylation sites is 1. The average Bonchev–Trinajstić information content (AvgIpc) is 2.86. The van der Waals surface area contributed by atoms with Crippen molar-refractivity contribution >= 4 is 29.8 Å². The molecular formula is C27H27NO6. The molecule has 0 bridgehead atoms. The lowest BCUT2D eigenvalue weighted by atomic mass is 10.1. The Morgan fingerprint density at radius 2 is 1.44 bits per heavy atom. The molecule has 0 atom stereocenters. The van der Waals surface area contributed by atoms with Crippen molar-refractivity contribution in [3.8, 4) is 28.7 Å². The molecule has 0 saturated heterocycles. The number of benzene rings is 3. The van der Waals surface area contributed by atoms with Crippen molar-refractivity contribution in [3.05, 3.63) is 77.4 Å². The summed E-state index contributed by atoms with van der Waals surface area (Å²) in [5, 5.41) is 12.8. The van der Waals surface area contributed by atoms with Gasteiger partial charge in [0.05, 0.1) is 28.4 Å². The molecule has 3 rings (SSSR count). The molecule has 0 heterocycles. The molecule has 0 spiro atoms. The number of nitrogens with one attached hydrogen (secondary N) is 1. The van der Waals surface area contributed by atoms with Crippen molar-refractivity contribution in [2.24, 2.45) is 0 Å². The van der Waals surface area contributed by atoms with Gasteiger partial charge in [0.15, 0.2) is 23.0 Å². The summed E-state index contributed by atoms with van der Waals surface area (Å²) in [5.74, 6) is 1.70. The van der Waals surface area contributed by atoms with E-state index in [1.807, 2.05) is 48.6 Å². The van der Waals surface area contributed by atoms with Crippen molar-refractivity contribution in [2.75, 3.05) is 33.8 Å². The largest absolute Gasteiger partial charge is 0.504 e. The lowest BCUT2D eigenvalue weighted by Crippen LogP contribution is -2.08. The Morgan fingerprint density at radius 3 is 2.06 bits per heavy atom. The number of anilines is 1. The summed E-state index contributed by atoms with van der Waals surface area (Å²) in [7, 11) is 6.17. The molecule has 0 saturated carbocycles. The first-order chi connectivity index (χ1) is 16.5. The summed E-state index contributed by atoms with van der Waals surface area (Å²) in [5.41, 5.74) is 2.98. The van der Waals surface area contributed by atoms with E-state index in [1.54, 1.807) is 39.5 Å². The topological polar surface area (TPSA) is 86.3 Å². The van der Waals surface area contributed by atoms with Gasteiger partial charge in [-0.2, -0.15) is 0 Å². The SMILES string of the molecule is COc1ccc(/C=C/C(=O)Nc2ccccc2C=Cc2cc(OC)c(OC)c(OC)c2)cc1O. The predicted molar refractivity (Wildman–Crippen MR) is 134 cm³/mol. The number of hydrogen-bond acceptors (Lipinski definition) is 6. The Bertz CT molecular complexity index is 1190. The molecule has 0 aliphatic heterocycles. The number of hydrogen-bond donors (Lipinski definition) is 2. The van der Waals surface area contributed by atoms with E-state index in [1.165, 1.54) is 19.3 Å². The number of carbonyl (C=O) groups is 1. The zero-order valence-corrected chi connectivity index (χ0v) is 19.5. The van der Waals surface area contributed by atoms with Crippen LogP contribution in [0.2, 0.25) is 0 Å². The predicted octanol–water partition coefficient (Wildman–Crippen LogP) is 5.25. The van der Waals surface area contributed by atoms with Gasteiger partial charge in [0.25, 0.3) is 0 Å². The third-order valence-electron chi connectivity index (χ3n) is 4.99. The van der Waals surface area contributed by atoms with E-state index in [2.05, 4.69) is 5.32 Å². The lowest BCUT2D eigenvalue weighted by molar-refractivity contribution is -0.111. The molecule has 7 heteroatoms. The van der Waals surface area contributed by atoms with Crippen LogP contribution in [0.3, 0.4) is 0 Å². The van der Waals surface area contributed by atoms with Gasteiger partial charge in [-0.3, -0.25) is 4.79 Å². The van der Waals surface area contributed by atoms with E-state index >= 15 is 0 Å². The summed E-state index contributed by atoms with van der Waals surface area (Å²) in [6.45, 7) is 0. The number of aromatic hydroxyl groups is 1. The summed E-state index contributed by atoms with van der Waals surface area (Å²) in [6.07, 6.45) is 6.80. The maximum Gasteiger partial charge on any atom is 0.248 e. The number of ether oxygens (including phenoxy) is 4. The number of methoxy groups -OCH3 is 4.